The molecule has 31 heavy (non-hydrogen) atoms. The summed E-state index contributed by atoms with van der Waals surface area (Å²) in [5, 5.41) is 13.3. The van der Waals surface area contributed by atoms with Crippen LogP contribution in [0.5, 0.6) is 0 Å². The fourth-order valence-corrected chi connectivity index (χ4v) is 5.05. The van der Waals surface area contributed by atoms with Crippen LogP contribution in [0.25, 0.3) is 0 Å². The van der Waals surface area contributed by atoms with Crippen molar-refractivity contribution < 1.29 is 18.0 Å². The lowest BCUT2D eigenvalue weighted by Gasteiger charge is -2.33. The summed E-state index contributed by atoms with van der Waals surface area (Å²) in [5.74, 6) is -0.325. The summed E-state index contributed by atoms with van der Waals surface area (Å²) >= 11 is 4.71. The molecule has 4 rings (SSSR count). The number of aromatic nitrogens is 4. The highest BCUT2D eigenvalue weighted by Gasteiger charge is 2.48. The van der Waals surface area contributed by atoms with E-state index in [9.17, 15) is 18.0 Å². The number of carbonyl (C=O) groups is 1. The second-order valence-electron chi connectivity index (χ2n) is 7.54. The Kier molecular flexibility index (Phi) is 5.63. The number of aryl methyl sites for hydroxylation is 2. The van der Waals surface area contributed by atoms with Gasteiger partial charge in [-0.1, -0.05) is 6.07 Å². The highest BCUT2D eigenvalue weighted by Crippen LogP contribution is 2.47. The fourth-order valence-electron chi connectivity index (χ4n) is 3.71. The molecule has 3 aromatic rings. The Bertz CT molecular complexity index is 1110. The fraction of sp³-hybridized carbons (Fsp3) is 0.421. The third-order valence-electron chi connectivity index (χ3n) is 5.25. The molecule has 0 aliphatic carbocycles. The number of carbonyl (C=O) groups excluding carboxylic acids is 1. The smallest absolute Gasteiger partial charge is 0.362 e. The molecule has 7 nitrogen and oxygen atoms in total. The van der Waals surface area contributed by atoms with Gasteiger partial charge in [-0.25, -0.2) is 4.68 Å². The van der Waals surface area contributed by atoms with Gasteiger partial charge in [0.15, 0.2) is 11.7 Å². The van der Waals surface area contributed by atoms with Gasteiger partial charge in [0.1, 0.15) is 5.82 Å². The van der Waals surface area contributed by atoms with Crippen LogP contribution < -0.4 is 5.32 Å². The topological polar surface area (TPSA) is 68.0 Å². The lowest BCUT2D eigenvalue weighted by molar-refractivity contribution is -0.173. The van der Waals surface area contributed by atoms with Gasteiger partial charge >= 0.3 is 6.18 Å². The molecule has 0 unspecified atom stereocenters. The molecule has 0 aromatic carbocycles. The number of nitrogens with one attached hydrogen (secondary N) is 1. The van der Waals surface area contributed by atoms with E-state index in [0.717, 1.165) is 20.8 Å². The lowest BCUT2D eigenvalue weighted by atomic mass is 10.0. The van der Waals surface area contributed by atoms with E-state index in [1.54, 1.807) is 37.1 Å². The van der Waals surface area contributed by atoms with Crippen molar-refractivity contribution in [1.82, 2.24) is 24.5 Å². The van der Waals surface area contributed by atoms with E-state index in [1.165, 1.54) is 16.2 Å². The van der Waals surface area contributed by atoms with Gasteiger partial charge in [0.2, 0.25) is 0 Å². The highest BCUT2D eigenvalue weighted by molar-refractivity contribution is 9.10. The minimum absolute atomic E-state index is 0.0624. The maximum atomic E-state index is 13.9. The first-order valence-corrected chi connectivity index (χ1v) is 11.1. The molecule has 0 saturated carbocycles. The van der Waals surface area contributed by atoms with E-state index in [1.807, 2.05) is 12.3 Å². The summed E-state index contributed by atoms with van der Waals surface area (Å²) in [5.41, 5.74) is 1.57. The number of alkyl halides is 3. The number of thiophene rings is 1. The lowest BCUT2D eigenvalue weighted by Crippen LogP contribution is -2.35. The Morgan fingerprint density at radius 1 is 1.42 bits per heavy atom. The molecule has 0 radical (unpaired) electrons. The van der Waals surface area contributed by atoms with Gasteiger partial charge in [0.25, 0.3) is 5.91 Å². The molecule has 166 valence electrons. The van der Waals surface area contributed by atoms with E-state index in [2.05, 4.69) is 31.4 Å². The van der Waals surface area contributed by atoms with E-state index in [0.29, 0.717) is 0 Å². The second-order valence-corrected chi connectivity index (χ2v) is 9.31. The van der Waals surface area contributed by atoms with Gasteiger partial charge in [0.05, 0.1) is 16.2 Å². The first kappa shape index (κ1) is 21.9. The molecule has 3 aromatic heterocycles. The summed E-state index contributed by atoms with van der Waals surface area (Å²) in [7, 11) is 3.37. The van der Waals surface area contributed by atoms with Crippen molar-refractivity contribution in [3.8, 4) is 0 Å². The number of rotatable bonds is 4. The van der Waals surface area contributed by atoms with Crippen molar-refractivity contribution in [2.75, 3.05) is 12.4 Å². The Morgan fingerprint density at radius 3 is 2.74 bits per heavy atom. The van der Waals surface area contributed by atoms with Crippen LogP contribution in [-0.4, -0.2) is 43.6 Å². The number of amides is 1. The van der Waals surface area contributed by atoms with Crippen LogP contribution in [-0.2, 0) is 13.6 Å². The maximum Gasteiger partial charge on any atom is 0.410 e. The van der Waals surface area contributed by atoms with Crippen molar-refractivity contribution in [3.05, 3.63) is 50.0 Å². The van der Waals surface area contributed by atoms with Gasteiger partial charge < -0.3 is 10.2 Å². The number of hydrogen-bond acceptors (Lipinski definition) is 5. The zero-order chi connectivity index (χ0) is 22.5. The van der Waals surface area contributed by atoms with Crippen LogP contribution in [0.2, 0.25) is 0 Å². The predicted octanol–water partition coefficient (Wildman–Crippen LogP) is 4.68. The van der Waals surface area contributed by atoms with Crippen LogP contribution >= 0.6 is 27.3 Å². The molecular weight excluding hydrogens is 497 g/mol. The van der Waals surface area contributed by atoms with Gasteiger partial charge in [-0.2, -0.15) is 23.4 Å². The Balaban J connectivity index is 1.67. The maximum absolute atomic E-state index is 13.9. The van der Waals surface area contributed by atoms with Gasteiger partial charge in [-0.05, 0) is 34.3 Å². The number of halogens is 4. The molecule has 0 fully saturated rings. The second kappa shape index (κ2) is 7.97. The van der Waals surface area contributed by atoms with E-state index >= 15 is 0 Å². The molecule has 1 aliphatic heterocycles. The number of nitrogens with zero attached hydrogens (tertiary/aromatic N) is 5. The van der Waals surface area contributed by atoms with E-state index in [4.69, 9.17) is 0 Å². The summed E-state index contributed by atoms with van der Waals surface area (Å²) < 4.78 is 44.3. The van der Waals surface area contributed by atoms with Gasteiger partial charge in [-0.15, -0.1) is 11.3 Å². The monoisotopic (exact) mass is 516 g/mol. The number of fused-ring (bicyclic) bond motifs is 1. The molecule has 2 atom stereocenters. The summed E-state index contributed by atoms with van der Waals surface area (Å²) in [6.45, 7) is 2.10. The average molecular weight is 517 g/mol. The van der Waals surface area contributed by atoms with Crippen molar-refractivity contribution in [1.29, 1.82) is 0 Å². The van der Waals surface area contributed by atoms with Crippen LogP contribution in [0.4, 0.5) is 19.0 Å². The SMILES string of the molecule is Cc1nn(C)cc1CN(C)C(=O)c1nn2c(c1Br)N[C@H](c1cccs1)C[C@H]2C(F)(F)F. The average Bonchev–Trinajstić information content (AvgIpc) is 3.40. The number of hydrogen-bond donors (Lipinski definition) is 1. The molecule has 0 spiro atoms. The predicted molar refractivity (Wildman–Crippen MR) is 114 cm³/mol. The van der Waals surface area contributed by atoms with E-state index in [-0.39, 0.29) is 29.0 Å². The molecule has 0 bridgehead atoms. The van der Waals surface area contributed by atoms with Gasteiger partial charge in [-0.3, -0.25) is 9.48 Å². The molecule has 12 heteroatoms. The Morgan fingerprint density at radius 2 is 2.16 bits per heavy atom. The molecule has 1 N–H and O–H groups in total. The standard InChI is InChI=1S/C19H20BrF3N6OS/c1-10-11(9-28(3)25-10)8-27(2)18(30)16-15(20)17-24-12(13-5-4-6-31-13)7-14(19(21,22)23)29(17)26-16/h4-6,9,12,14,24H,7-8H2,1-3H3/t12-,14-/m0/s1. The number of anilines is 1. The van der Waals surface area contributed by atoms with E-state index < -0.39 is 24.2 Å². The first-order chi connectivity index (χ1) is 14.6. The summed E-state index contributed by atoms with van der Waals surface area (Å²) in [6.07, 6.45) is -2.90. The van der Waals surface area contributed by atoms with Crippen LogP contribution in [0.15, 0.2) is 28.2 Å². The minimum atomic E-state index is -4.50. The van der Waals surface area contributed by atoms with Crippen molar-refractivity contribution in [2.45, 2.75) is 38.1 Å². The summed E-state index contributed by atoms with van der Waals surface area (Å²) in [4.78, 5) is 15.3. The summed E-state index contributed by atoms with van der Waals surface area (Å²) in [6, 6.07) is 1.24. The van der Waals surface area contributed by atoms with Crippen molar-refractivity contribution >= 4 is 39.0 Å². The highest BCUT2D eigenvalue weighted by atomic mass is 79.9. The Labute approximate surface area is 189 Å². The first-order valence-electron chi connectivity index (χ1n) is 9.45. The molecule has 4 heterocycles. The third kappa shape index (κ3) is 4.10. The molecule has 0 saturated heterocycles. The van der Waals surface area contributed by atoms with Crippen molar-refractivity contribution in [3.63, 3.8) is 0 Å². The minimum Gasteiger partial charge on any atom is -0.362 e. The quantitative estimate of drug-likeness (QED) is 0.546. The zero-order valence-electron chi connectivity index (χ0n) is 16.9. The zero-order valence-corrected chi connectivity index (χ0v) is 19.3. The van der Waals surface area contributed by atoms with Crippen molar-refractivity contribution in [2.24, 2.45) is 7.05 Å². The van der Waals surface area contributed by atoms with Gasteiger partial charge in [0, 0.05) is 43.7 Å². The molecular formula is C19H20BrF3N6OS. The Hall–Kier alpha value is -2.34. The van der Waals surface area contributed by atoms with Crippen LogP contribution in [0, 0.1) is 6.92 Å². The van der Waals surface area contributed by atoms with Crippen LogP contribution in [0.1, 0.15) is 45.1 Å². The largest absolute Gasteiger partial charge is 0.410 e. The third-order valence-corrected chi connectivity index (χ3v) is 6.99. The normalized spacial score (nSPS) is 18.5. The molecule has 1 aliphatic rings. The van der Waals surface area contributed by atoms with Crippen LogP contribution in [0.3, 0.4) is 0 Å². The molecule has 1 amide bonds.